The zero-order valence-electron chi connectivity index (χ0n) is 15.1. The molecule has 1 saturated heterocycles. The van der Waals surface area contributed by atoms with Crippen molar-refractivity contribution >= 4 is 28.9 Å². The zero-order chi connectivity index (χ0) is 20.5. The molecule has 2 aliphatic heterocycles. The van der Waals surface area contributed by atoms with Gasteiger partial charge in [-0.1, -0.05) is 0 Å². The normalized spacial score (nSPS) is 17.9. The molecule has 2 amide bonds. The molecule has 0 aliphatic carbocycles. The summed E-state index contributed by atoms with van der Waals surface area (Å²) < 4.78 is 24.9. The molecule has 1 unspecified atom stereocenters. The van der Waals surface area contributed by atoms with E-state index in [1.54, 1.807) is 18.2 Å². The average molecular weight is 401 g/mol. The van der Waals surface area contributed by atoms with Gasteiger partial charge < -0.3 is 19.7 Å². The summed E-state index contributed by atoms with van der Waals surface area (Å²) in [5.74, 6) is -1.26. The third kappa shape index (κ3) is 3.68. The Morgan fingerprint density at radius 1 is 1.17 bits per heavy atom. The highest BCUT2D eigenvalue weighted by Gasteiger charge is 2.36. The Kier molecular flexibility index (Phi) is 4.75. The molecule has 29 heavy (non-hydrogen) atoms. The van der Waals surface area contributed by atoms with E-state index >= 15 is 0 Å². The number of hydrogen-bond acceptors (Lipinski definition) is 6. The van der Waals surface area contributed by atoms with E-state index in [9.17, 15) is 24.1 Å². The van der Waals surface area contributed by atoms with Crippen molar-refractivity contribution in [3.63, 3.8) is 0 Å². The van der Waals surface area contributed by atoms with Crippen LogP contribution < -0.4 is 19.7 Å². The molecule has 0 spiro atoms. The lowest BCUT2D eigenvalue weighted by Crippen LogP contribution is -2.28. The quantitative estimate of drug-likeness (QED) is 0.622. The lowest BCUT2D eigenvalue weighted by molar-refractivity contribution is -0.384. The Morgan fingerprint density at radius 2 is 1.93 bits per heavy atom. The van der Waals surface area contributed by atoms with Gasteiger partial charge in [-0.2, -0.15) is 0 Å². The molecule has 2 aliphatic rings. The highest BCUT2D eigenvalue weighted by molar-refractivity contribution is 6.03. The van der Waals surface area contributed by atoms with Gasteiger partial charge in [0.05, 0.1) is 16.5 Å². The van der Waals surface area contributed by atoms with Crippen molar-refractivity contribution in [1.29, 1.82) is 0 Å². The maximum Gasteiger partial charge on any atom is 0.271 e. The number of halogens is 1. The molecule has 4 rings (SSSR count). The van der Waals surface area contributed by atoms with E-state index < -0.39 is 22.6 Å². The van der Waals surface area contributed by atoms with Crippen molar-refractivity contribution in [2.75, 3.05) is 30.0 Å². The largest absolute Gasteiger partial charge is 0.486 e. The summed E-state index contributed by atoms with van der Waals surface area (Å²) in [7, 11) is 0. The van der Waals surface area contributed by atoms with Crippen LogP contribution >= 0.6 is 0 Å². The van der Waals surface area contributed by atoms with Gasteiger partial charge in [0.2, 0.25) is 11.8 Å². The molecule has 1 atom stereocenters. The van der Waals surface area contributed by atoms with E-state index in [4.69, 9.17) is 9.47 Å². The summed E-state index contributed by atoms with van der Waals surface area (Å²) in [4.78, 5) is 36.6. The number of nitrogens with one attached hydrogen (secondary N) is 1. The minimum Gasteiger partial charge on any atom is -0.486 e. The number of nitro benzene ring substituents is 1. The summed E-state index contributed by atoms with van der Waals surface area (Å²) in [5.41, 5.74) is -0.0763. The maximum absolute atomic E-state index is 13.9. The Bertz CT molecular complexity index is 1010. The zero-order valence-corrected chi connectivity index (χ0v) is 15.1. The van der Waals surface area contributed by atoms with Gasteiger partial charge >= 0.3 is 0 Å². The highest BCUT2D eigenvalue weighted by Crippen LogP contribution is 2.36. The summed E-state index contributed by atoms with van der Waals surface area (Å²) in [6, 6.07) is 7.94. The Morgan fingerprint density at radius 3 is 2.69 bits per heavy atom. The van der Waals surface area contributed by atoms with E-state index in [2.05, 4.69) is 5.32 Å². The predicted octanol–water partition coefficient (Wildman–Crippen LogP) is 2.50. The Hall–Kier alpha value is -3.69. The molecule has 0 aromatic heterocycles. The second-order valence-corrected chi connectivity index (χ2v) is 6.64. The van der Waals surface area contributed by atoms with Crippen LogP contribution in [-0.4, -0.2) is 36.5 Å². The van der Waals surface area contributed by atoms with E-state index in [0.29, 0.717) is 30.4 Å². The maximum atomic E-state index is 13.9. The van der Waals surface area contributed by atoms with Crippen molar-refractivity contribution in [1.82, 2.24) is 0 Å². The standard InChI is InChI=1S/C19H16FN3O6/c20-14-3-1-13(23(26)27)8-15(14)21-19(25)11-7-18(24)22(10-11)12-2-4-16-17(9-12)29-6-5-28-16/h1-4,8-9,11H,5-7,10H2,(H,21,25). The van der Waals surface area contributed by atoms with E-state index in [0.717, 1.165) is 18.2 Å². The average Bonchev–Trinajstić information content (AvgIpc) is 3.11. The molecule has 2 aromatic rings. The van der Waals surface area contributed by atoms with Crippen molar-refractivity contribution in [2.24, 2.45) is 5.92 Å². The van der Waals surface area contributed by atoms with Gasteiger partial charge in [0.25, 0.3) is 5.69 Å². The van der Waals surface area contributed by atoms with Gasteiger partial charge in [0, 0.05) is 36.9 Å². The third-order valence-electron chi connectivity index (χ3n) is 4.75. The molecule has 2 aromatic carbocycles. The number of nitrogens with zero attached hydrogens (tertiary/aromatic N) is 2. The van der Waals surface area contributed by atoms with Gasteiger partial charge in [0.1, 0.15) is 19.0 Å². The number of amides is 2. The fourth-order valence-corrected chi connectivity index (χ4v) is 3.29. The smallest absolute Gasteiger partial charge is 0.271 e. The third-order valence-corrected chi connectivity index (χ3v) is 4.75. The Labute approximate surface area is 164 Å². The van der Waals surface area contributed by atoms with Crippen molar-refractivity contribution in [3.8, 4) is 11.5 Å². The van der Waals surface area contributed by atoms with Crippen LogP contribution in [0, 0.1) is 21.8 Å². The summed E-state index contributed by atoms with van der Waals surface area (Å²) >= 11 is 0. The number of anilines is 2. The van der Waals surface area contributed by atoms with Crippen LogP contribution in [0.25, 0.3) is 0 Å². The number of hydrogen-bond donors (Lipinski definition) is 1. The number of fused-ring (bicyclic) bond motifs is 1. The van der Waals surface area contributed by atoms with E-state index in [-0.39, 0.29) is 30.2 Å². The minimum atomic E-state index is -0.794. The topological polar surface area (TPSA) is 111 Å². The van der Waals surface area contributed by atoms with Gasteiger partial charge in [0.15, 0.2) is 11.5 Å². The van der Waals surface area contributed by atoms with E-state index in [1.807, 2.05) is 0 Å². The summed E-state index contributed by atoms with van der Waals surface area (Å²) in [6.45, 7) is 0.955. The van der Waals surface area contributed by atoms with Crippen LogP contribution in [0.4, 0.5) is 21.5 Å². The van der Waals surface area contributed by atoms with Gasteiger partial charge in [-0.05, 0) is 18.2 Å². The number of carbonyl (C=O) groups is 2. The molecule has 0 radical (unpaired) electrons. The number of rotatable bonds is 4. The molecule has 1 N–H and O–H groups in total. The van der Waals surface area contributed by atoms with Crippen LogP contribution in [0.5, 0.6) is 11.5 Å². The highest BCUT2D eigenvalue weighted by atomic mass is 19.1. The SMILES string of the molecule is O=C(Nc1cc([N+](=O)[O-])ccc1F)C1CC(=O)N(c2ccc3c(c2)OCCO3)C1. The molecule has 150 valence electrons. The van der Waals surface area contributed by atoms with Crippen LogP contribution in [0.15, 0.2) is 36.4 Å². The first-order valence-corrected chi connectivity index (χ1v) is 8.87. The van der Waals surface area contributed by atoms with Gasteiger partial charge in [-0.15, -0.1) is 0 Å². The monoisotopic (exact) mass is 401 g/mol. The van der Waals surface area contributed by atoms with Crippen LogP contribution in [-0.2, 0) is 9.59 Å². The predicted molar refractivity (Wildman–Crippen MR) is 99.6 cm³/mol. The molecular formula is C19H16FN3O6. The first kappa shape index (κ1) is 18.7. The Balaban J connectivity index is 1.49. The fourth-order valence-electron chi connectivity index (χ4n) is 3.29. The molecule has 0 bridgehead atoms. The lowest BCUT2D eigenvalue weighted by atomic mass is 10.1. The van der Waals surface area contributed by atoms with Crippen LogP contribution in [0.1, 0.15) is 6.42 Å². The van der Waals surface area contributed by atoms with Gasteiger partial charge in [-0.25, -0.2) is 4.39 Å². The number of benzene rings is 2. The molecular weight excluding hydrogens is 385 g/mol. The lowest BCUT2D eigenvalue weighted by Gasteiger charge is -2.22. The van der Waals surface area contributed by atoms with Crippen molar-refractivity contribution in [2.45, 2.75) is 6.42 Å². The van der Waals surface area contributed by atoms with Crippen LogP contribution in [0.3, 0.4) is 0 Å². The molecule has 10 heteroatoms. The molecule has 9 nitrogen and oxygen atoms in total. The minimum absolute atomic E-state index is 0.0587. The second kappa shape index (κ2) is 7.38. The summed E-state index contributed by atoms with van der Waals surface area (Å²) in [6.07, 6.45) is -0.0587. The van der Waals surface area contributed by atoms with Gasteiger partial charge in [-0.3, -0.25) is 19.7 Å². The number of carbonyl (C=O) groups excluding carboxylic acids is 2. The molecule has 0 saturated carbocycles. The number of nitro groups is 1. The number of non-ortho nitro benzene ring substituents is 1. The fraction of sp³-hybridized carbons (Fsp3) is 0.263. The summed E-state index contributed by atoms with van der Waals surface area (Å²) in [5, 5.41) is 13.2. The van der Waals surface area contributed by atoms with Crippen molar-refractivity contribution < 1.29 is 28.4 Å². The first-order valence-electron chi connectivity index (χ1n) is 8.87. The molecule has 1 fully saturated rings. The van der Waals surface area contributed by atoms with Crippen LogP contribution in [0.2, 0.25) is 0 Å². The second-order valence-electron chi connectivity index (χ2n) is 6.64. The number of ether oxygens (including phenoxy) is 2. The van der Waals surface area contributed by atoms with Crippen molar-refractivity contribution in [3.05, 3.63) is 52.3 Å². The van der Waals surface area contributed by atoms with E-state index in [1.165, 1.54) is 4.90 Å². The molecule has 2 heterocycles. The first-order chi connectivity index (χ1) is 13.9.